The summed E-state index contributed by atoms with van der Waals surface area (Å²) in [6, 6.07) is 0. The van der Waals surface area contributed by atoms with E-state index >= 15 is 0 Å². The van der Waals surface area contributed by atoms with Gasteiger partial charge in [0, 0.05) is 11.6 Å². The molecule has 10 heteroatoms. The van der Waals surface area contributed by atoms with Gasteiger partial charge in [0.05, 0.1) is 11.3 Å². The normalized spacial score (nSPS) is 24.5. The second-order valence-electron chi connectivity index (χ2n) is 4.58. The van der Waals surface area contributed by atoms with Gasteiger partial charge in [-0.15, -0.1) is 11.8 Å². The minimum atomic E-state index is -1.15. The molecule has 1 saturated heterocycles. The molecule has 1 N–H and O–H groups in total. The van der Waals surface area contributed by atoms with Gasteiger partial charge in [-0.25, -0.2) is 9.78 Å². The molecule has 3 aliphatic heterocycles. The van der Waals surface area contributed by atoms with Crippen molar-refractivity contribution in [1.29, 1.82) is 0 Å². The van der Waals surface area contributed by atoms with Crippen molar-refractivity contribution in [2.75, 3.05) is 0 Å². The zero-order chi connectivity index (χ0) is 15.6. The average molecular weight is 335 g/mol. The third kappa shape index (κ3) is 1.64. The first-order valence-electron chi connectivity index (χ1n) is 5.97. The van der Waals surface area contributed by atoms with Gasteiger partial charge in [0.25, 0.3) is 11.0 Å². The Morgan fingerprint density at radius 2 is 2.09 bits per heavy atom. The molecular weight excluding hydrogens is 330 g/mol. The fourth-order valence-corrected chi connectivity index (χ4v) is 4.17. The summed E-state index contributed by atoms with van der Waals surface area (Å²) in [5, 5.41) is 9.72. The monoisotopic (exact) mass is 335 g/mol. The predicted octanol–water partition coefficient (Wildman–Crippen LogP) is 0.380. The summed E-state index contributed by atoms with van der Waals surface area (Å²) in [6.07, 6.45) is 2.91. The molecule has 110 valence electrons. The largest absolute Gasteiger partial charge is 0.477 e. The zero-order valence-electron chi connectivity index (χ0n) is 10.5. The molecule has 1 aromatic rings. The molecule has 0 bridgehead atoms. The van der Waals surface area contributed by atoms with Crippen molar-refractivity contribution in [2.24, 2.45) is 0 Å². The van der Waals surface area contributed by atoms with E-state index in [1.807, 2.05) is 0 Å². The summed E-state index contributed by atoms with van der Waals surface area (Å²) in [7, 11) is 0. The van der Waals surface area contributed by atoms with Gasteiger partial charge in [-0.3, -0.25) is 23.9 Å². The number of β-lactam (4-membered cyclic amide) rings is 1. The lowest BCUT2D eigenvalue weighted by atomic mass is 10.0. The topological polar surface area (TPSA) is 110 Å². The second-order valence-corrected chi connectivity index (χ2v) is 6.48. The van der Waals surface area contributed by atoms with Crippen molar-refractivity contribution in [3.63, 3.8) is 0 Å². The summed E-state index contributed by atoms with van der Waals surface area (Å²) in [5.74, 6) is -2.21. The Hall–Kier alpha value is -2.33. The first kappa shape index (κ1) is 13.3. The number of fused-ring (bicyclic) bond motifs is 2. The molecule has 0 unspecified atom stereocenters. The van der Waals surface area contributed by atoms with Gasteiger partial charge >= 0.3 is 11.9 Å². The quantitative estimate of drug-likeness (QED) is 0.469. The number of rotatable bonds is 2. The average Bonchev–Trinajstić information content (AvgIpc) is 3.11. The molecule has 3 aliphatic rings. The van der Waals surface area contributed by atoms with Crippen LogP contribution >= 0.6 is 23.5 Å². The van der Waals surface area contributed by atoms with E-state index in [1.165, 1.54) is 34.3 Å². The fourth-order valence-electron chi connectivity index (χ4n) is 2.32. The predicted molar refractivity (Wildman–Crippen MR) is 75.6 cm³/mol. The van der Waals surface area contributed by atoms with Crippen LogP contribution in [0.15, 0.2) is 28.0 Å². The first-order chi connectivity index (χ1) is 10.5. The number of aromatic nitrogens is 2. The van der Waals surface area contributed by atoms with Crippen LogP contribution in [0.1, 0.15) is 10.5 Å². The smallest absolute Gasteiger partial charge is 0.353 e. The van der Waals surface area contributed by atoms with Crippen molar-refractivity contribution in [3.05, 3.63) is 28.6 Å². The molecular formula is C12H5N3O5S2. The van der Waals surface area contributed by atoms with Gasteiger partial charge in [-0.1, -0.05) is 0 Å². The second kappa shape index (κ2) is 4.34. The third-order valence-electron chi connectivity index (χ3n) is 3.33. The van der Waals surface area contributed by atoms with E-state index in [2.05, 4.69) is 4.98 Å². The van der Waals surface area contributed by atoms with Crippen LogP contribution < -0.4 is 0 Å². The third-order valence-corrected chi connectivity index (χ3v) is 5.24. The van der Waals surface area contributed by atoms with Gasteiger partial charge in [0.15, 0.2) is 5.16 Å². The van der Waals surface area contributed by atoms with Gasteiger partial charge in [-0.2, -0.15) is 0 Å². The summed E-state index contributed by atoms with van der Waals surface area (Å²) in [5.41, 5.74) is 0.759. The number of carboxylic acid groups (broad SMARTS) is 1. The molecule has 0 radical (unpaired) electrons. The Morgan fingerprint density at radius 3 is 2.77 bits per heavy atom. The van der Waals surface area contributed by atoms with Crippen molar-refractivity contribution in [3.8, 4) is 0 Å². The Balaban J connectivity index is 1.62. The van der Waals surface area contributed by atoms with Crippen LogP contribution in [0, 0.1) is 0 Å². The first-order valence-corrected chi connectivity index (χ1v) is 7.73. The number of imidazole rings is 1. The van der Waals surface area contributed by atoms with E-state index in [-0.39, 0.29) is 16.2 Å². The van der Waals surface area contributed by atoms with Crippen molar-refractivity contribution in [2.45, 2.75) is 10.5 Å². The van der Waals surface area contributed by atoms with Crippen LogP contribution in [-0.2, 0) is 14.4 Å². The Morgan fingerprint density at radius 1 is 1.32 bits per heavy atom. The Bertz CT molecular complexity index is 853. The van der Waals surface area contributed by atoms with E-state index in [9.17, 15) is 19.2 Å². The van der Waals surface area contributed by atoms with Gasteiger partial charge in [0.2, 0.25) is 0 Å². The standard InChI is InChI=1S/C12H5N3O5S2/c16-7-5(9-15(7)6(3-21-9)10(18)19)1-4-2-14-8(17)11(20)22-12(14)13-4/h1-3,9H,(H,18,19)/t9-/m1/s1. The lowest BCUT2D eigenvalue weighted by molar-refractivity contribution is -0.141. The van der Waals surface area contributed by atoms with E-state index < -0.39 is 22.9 Å². The molecule has 4 heterocycles. The number of nitrogens with zero attached hydrogens (tertiary/aromatic N) is 3. The minimum absolute atomic E-state index is 0.0409. The van der Waals surface area contributed by atoms with Crippen LogP contribution in [0.5, 0.6) is 0 Å². The number of carboxylic acids is 1. The Labute approximate surface area is 130 Å². The highest BCUT2D eigenvalue weighted by Crippen LogP contribution is 2.45. The van der Waals surface area contributed by atoms with Crippen molar-refractivity contribution >= 4 is 52.5 Å². The van der Waals surface area contributed by atoms with Crippen LogP contribution in [-0.4, -0.2) is 47.8 Å². The number of carbonyl (C=O) groups is 4. The number of hydrogen-bond donors (Lipinski definition) is 1. The summed E-state index contributed by atoms with van der Waals surface area (Å²) < 4.78 is 1.14. The fraction of sp³-hybridized carbons (Fsp3) is 0.0833. The molecule has 0 spiro atoms. The maximum absolute atomic E-state index is 12.0. The van der Waals surface area contributed by atoms with Crippen LogP contribution in [0.2, 0.25) is 0 Å². The van der Waals surface area contributed by atoms with Gasteiger partial charge in [-0.05, 0) is 17.8 Å². The molecule has 22 heavy (non-hydrogen) atoms. The molecule has 8 nitrogen and oxygen atoms in total. The molecule has 1 fully saturated rings. The molecule has 1 atom stereocenters. The zero-order valence-corrected chi connectivity index (χ0v) is 12.2. The highest BCUT2D eigenvalue weighted by atomic mass is 32.2. The summed E-state index contributed by atoms with van der Waals surface area (Å²) in [6.45, 7) is 0. The van der Waals surface area contributed by atoms with Crippen LogP contribution in [0.4, 0.5) is 0 Å². The molecule has 0 saturated carbocycles. The number of carbonyl (C=O) groups excluding carboxylic acids is 3. The number of amides is 1. The highest BCUT2D eigenvalue weighted by Gasteiger charge is 2.49. The van der Waals surface area contributed by atoms with Gasteiger partial charge in [0.1, 0.15) is 11.1 Å². The molecule has 1 amide bonds. The molecule has 0 aromatic carbocycles. The molecule has 1 aromatic heterocycles. The minimum Gasteiger partial charge on any atom is -0.477 e. The van der Waals surface area contributed by atoms with Gasteiger partial charge < -0.3 is 5.11 Å². The maximum atomic E-state index is 12.0. The Kier molecular flexibility index (Phi) is 2.63. The SMILES string of the molecule is O=C(O)C1=CS[C@@H]2C(=Cc3cn4c(n3)SC(=O)C4=O)C(=O)N12. The van der Waals surface area contributed by atoms with E-state index in [4.69, 9.17) is 5.11 Å². The number of hydrogen-bond acceptors (Lipinski definition) is 7. The number of thioether (sulfide) groups is 2. The number of aliphatic carboxylic acids is 1. The molecule has 4 rings (SSSR count). The van der Waals surface area contributed by atoms with E-state index in [0.29, 0.717) is 11.3 Å². The maximum Gasteiger partial charge on any atom is 0.353 e. The highest BCUT2D eigenvalue weighted by molar-refractivity contribution is 8.15. The lowest BCUT2D eigenvalue weighted by Gasteiger charge is -2.36. The lowest BCUT2D eigenvalue weighted by Crippen LogP contribution is -2.51. The van der Waals surface area contributed by atoms with Crippen molar-refractivity contribution in [1.82, 2.24) is 14.5 Å². The summed E-state index contributed by atoms with van der Waals surface area (Å²) >= 11 is 1.97. The van der Waals surface area contributed by atoms with E-state index in [0.717, 1.165) is 16.3 Å². The molecule has 0 aliphatic carbocycles. The van der Waals surface area contributed by atoms with Crippen molar-refractivity contribution < 1.29 is 24.3 Å². The van der Waals surface area contributed by atoms with E-state index in [1.54, 1.807) is 0 Å². The van der Waals surface area contributed by atoms with Crippen LogP contribution in [0.3, 0.4) is 0 Å². The summed E-state index contributed by atoms with van der Waals surface area (Å²) in [4.78, 5) is 51.1. The van der Waals surface area contributed by atoms with Crippen LogP contribution in [0.25, 0.3) is 6.08 Å².